The SMILES string of the molecule is Cc1cc(Nc2cc(Oc3cc(Cl)c(C)nc3C)ccn2)cc(C(C)(C)C(=O)O)c1. The lowest BCUT2D eigenvalue weighted by atomic mass is 9.84. The molecule has 0 amide bonds. The fourth-order valence-electron chi connectivity index (χ4n) is 2.94. The molecule has 0 radical (unpaired) electrons. The van der Waals surface area contributed by atoms with Gasteiger partial charge in [0.05, 0.1) is 21.8 Å². The quantitative estimate of drug-likeness (QED) is 0.507. The minimum atomic E-state index is -1.00. The number of hydrogen-bond acceptors (Lipinski definition) is 5. The van der Waals surface area contributed by atoms with Crippen molar-refractivity contribution in [2.45, 2.75) is 40.0 Å². The number of carboxylic acids is 1. The lowest BCUT2D eigenvalue weighted by Gasteiger charge is -2.21. The topological polar surface area (TPSA) is 84.3 Å². The molecular weight excluding hydrogens is 402 g/mol. The summed E-state index contributed by atoms with van der Waals surface area (Å²) in [4.78, 5) is 20.3. The molecule has 3 aromatic rings. The number of aryl methyl sites for hydroxylation is 3. The van der Waals surface area contributed by atoms with Gasteiger partial charge in [-0.1, -0.05) is 17.7 Å². The van der Waals surface area contributed by atoms with Crippen LogP contribution in [-0.4, -0.2) is 21.0 Å². The maximum Gasteiger partial charge on any atom is 0.313 e. The molecule has 0 fully saturated rings. The molecule has 0 saturated heterocycles. The van der Waals surface area contributed by atoms with Gasteiger partial charge in [0.25, 0.3) is 0 Å². The van der Waals surface area contributed by atoms with Gasteiger partial charge in [0.2, 0.25) is 0 Å². The molecule has 2 heterocycles. The number of ether oxygens (including phenoxy) is 1. The van der Waals surface area contributed by atoms with Gasteiger partial charge in [-0.05, 0) is 63.9 Å². The van der Waals surface area contributed by atoms with E-state index in [0.717, 1.165) is 22.6 Å². The summed E-state index contributed by atoms with van der Waals surface area (Å²) in [5, 5.41) is 13.3. The second-order valence-electron chi connectivity index (χ2n) is 7.76. The number of anilines is 2. The molecule has 0 bridgehead atoms. The zero-order chi connectivity index (χ0) is 22.1. The number of nitrogens with zero attached hydrogens (tertiary/aromatic N) is 2. The summed E-state index contributed by atoms with van der Waals surface area (Å²) < 4.78 is 5.95. The number of aromatic nitrogens is 2. The Hall–Kier alpha value is -3.12. The van der Waals surface area contributed by atoms with Gasteiger partial charge < -0.3 is 15.2 Å². The maximum atomic E-state index is 11.6. The molecule has 0 spiro atoms. The third-order valence-corrected chi connectivity index (χ3v) is 5.24. The van der Waals surface area contributed by atoms with Crippen LogP contribution in [0.5, 0.6) is 11.5 Å². The number of rotatable bonds is 6. The van der Waals surface area contributed by atoms with E-state index in [1.165, 1.54) is 0 Å². The van der Waals surface area contributed by atoms with Crippen molar-refractivity contribution in [2.75, 3.05) is 5.32 Å². The van der Waals surface area contributed by atoms with Crippen molar-refractivity contribution in [2.24, 2.45) is 0 Å². The number of pyridine rings is 2. The molecule has 0 aliphatic carbocycles. The van der Waals surface area contributed by atoms with Crippen molar-refractivity contribution >= 4 is 29.1 Å². The number of carbonyl (C=O) groups is 1. The van der Waals surface area contributed by atoms with E-state index < -0.39 is 11.4 Å². The Morgan fingerprint density at radius 3 is 2.53 bits per heavy atom. The number of carboxylic acid groups (broad SMARTS) is 1. The first-order valence-corrected chi connectivity index (χ1v) is 9.84. The molecule has 0 atom stereocenters. The van der Waals surface area contributed by atoms with E-state index in [2.05, 4.69) is 15.3 Å². The van der Waals surface area contributed by atoms with Crippen molar-refractivity contribution in [3.8, 4) is 11.5 Å². The average Bonchev–Trinajstić information content (AvgIpc) is 2.66. The number of hydrogen-bond donors (Lipinski definition) is 2. The first-order valence-electron chi connectivity index (χ1n) is 9.46. The maximum absolute atomic E-state index is 11.6. The second-order valence-corrected chi connectivity index (χ2v) is 8.17. The Bertz CT molecular complexity index is 1110. The van der Waals surface area contributed by atoms with Crippen LogP contribution in [-0.2, 0) is 10.2 Å². The Labute approximate surface area is 180 Å². The average molecular weight is 426 g/mol. The molecule has 3 rings (SSSR count). The summed E-state index contributed by atoms with van der Waals surface area (Å²) in [7, 11) is 0. The molecule has 0 aliphatic heterocycles. The summed E-state index contributed by atoms with van der Waals surface area (Å²) in [6.45, 7) is 9.00. The van der Waals surface area contributed by atoms with Crippen molar-refractivity contribution in [1.29, 1.82) is 0 Å². The van der Waals surface area contributed by atoms with Crippen molar-refractivity contribution in [3.63, 3.8) is 0 Å². The normalized spacial score (nSPS) is 11.3. The van der Waals surface area contributed by atoms with E-state index >= 15 is 0 Å². The fourth-order valence-corrected chi connectivity index (χ4v) is 3.09. The van der Waals surface area contributed by atoms with Crippen LogP contribution in [0.2, 0.25) is 5.02 Å². The van der Waals surface area contributed by atoms with Gasteiger partial charge in [-0.15, -0.1) is 0 Å². The van der Waals surface area contributed by atoms with E-state index in [1.54, 1.807) is 38.2 Å². The first-order chi connectivity index (χ1) is 14.1. The molecule has 2 aromatic heterocycles. The van der Waals surface area contributed by atoms with Gasteiger partial charge in [0.15, 0.2) is 0 Å². The monoisotopic (exact) mass is 425 g/mol. The van der Waals surface area contributed by atoms with Gasteiger partial charge in [0.1, 0.15) is 17.3 Å². The summed E-state index contributed by atoms with van der Waals surface area (Å²) in [5.41, 5.74) is 2.89. The zero-order valence-electron chi connectivity index (χ0n) is 17.6. The number of halogens is 1. The van der Waals surface area contributed by atoms with Crippen LogP contribution >= 0.6 is 11.6 Å². The summed E-state index contributed by atoms with van der Waals surface area (Å²) in [5.74, 6) is 0.842. The van der Waals surface area contributed by atoms with Crippen LogP contribution < -0.4 is 10.1 Å². The number of aliphatic carboxylic acids is 1. The fraction of sp³-hybridized carbons (Fsp3) is 0.261. The Kier molecular flexibility index (Phi) is 5.99. The van der Waals surface area contributed by atoms with E-state index in [-0.39, 0.29) is 0 Å². The lowest BCUT2D eigenvalue weighted by Crippen LogP contribution is -2.28. The molecule has 0 saturated carbocycles. The Morgan fingerprint density at radius 1 is 1.10 bits per heavy atom. The van der Waals surface area contributed by atoms with E-state index in [9.17, 15) is 9.90 Å². The standard InChI is InChI=1S/C23H24ClN3O3/c1-13-8-16(23(4,5)22(28)29)10-17(9-13)27-21-11-18(6-7-25-21)30-20-12-19(24)14(2)26-15(20)3/h6-12H,1-5H3,(H,25,27)(H,28,29). The third kappa shape index (κ3) is 4.71. The van der Waals surface area contributed by atoms with Gasteiger partial charge in [-0.25, -0.2) is 4.98 Å². The highest BCUT2D eigenvalue weighted by molar-refractivity contribution is 6.31. The molecule has 30 heavy (non-hydrogen) atoms. The minimum Gasteiger partial charge on any atom is -0.481 e. The zero-order valence-corrected chi connectivity index (χ0v) is 18.3. The Balaban J connectivity index is 1.87. The molecule has 2 N–H and O–H groups in total. The molecule has 6 nitrogen and oxygen atoms in total. The van der Waals surface area contributed by atoms with Crippen LogP contribution in [0.1, 0.15) is 36.4 Å². The molecule has 156 valence electrons. The predicted octanol–water partition coefficient (Wildman–Crippen LogP) is 5.95. The number of nitrogens with one attached hydrogen (secondary N) is 1. The molecule has 0 unspecified atom stereocenters. The second kappa shape index (κ2) is 8.32. The van der Waals surface area contributed by atoms with E-state index in [0.29, 0.717) is 27.9 Å². The largest absolute Gasteiger partial charge is 0.481 e. The van der Waals surface area contributed by atoms with Crippen LogP contribution in [0.3, 0.4) is 0 Å². The summed E-state index contributed by atoms with van der Waals surface area (Å²) >= 11 is 6.17. The van der Waals surface area contributed by atoms with Crippen LogP contribution in [0, 0.1) is 20.8 Å². The highest BCUT2D eigenvalue weighted by Crippen LogP contribution is 2.31. The van der Waals surface area contributed by atoms with Crippen LogP contribution in [0.15, 0.2) is 42.6 Å². The summed E-state index contributed by atoms with van der Waals surface area (Å²) in [6.07, 6.45) is 1.63. The van der Waals surface area contributed by atoms with Crippen LogP contribution in [0.4, 0.5) is 11.5 Å². The van der Waals surface area contributed by atoms with Gasteiger partial charge >= 0.3 is 5.97 Å². The molecule has 0 aliphatic rings. The third-order valence-electron chi connectivity index (χ3n) is 4.86. The van der Waals surface area contributed by atoms with E-state index in [1.807, 2.05) is 39.0 Å². The lowest BCUT2D eigenvalue weighted by molar-refractivity contribution is -0.142. The summed E-state index contributed by atoms with van der Waals surface area (Å²) in [6, 6.07) is 10.9. The predicted molar refractivity (Wildman–Crippen MR) is 118 cm³/mol. The van der Waals surface area contributed by atoms with Gasteiger partial charge in [-0.2, -0.15) is 0 Å². The van der Waals surface area contributed by atoms with Crippen molar-refractivity contribution in [3.05, 3.63) is 70.1 Å². The molecular formula is C23H24ClN3O3. The van der Waals surface area contributed by atoms with Crippen molar-refractivity contribution < 1.29 is 14.6 Å². The molecule has 7 heteroatoms. The first kappa shape index (κ1) is 21.6. The van der Waals surface area contributed by atoms with E-state index in [4.69, 9.17) is 16.3 Å². The highest BCUT2D eigenvalue weighted by Gasteiger charge is 2.29. The Morgan fingerprint density at radius 2 is 1.83 bits per heavy atom. The minimum absolute atomic E-state index is 0.538. The van der Waals surface area contributed by atoms with Gasteiger partial charge in [0, 0.05) is 24.0 Å². The van der Waals surface area contributed by atoms with Crippen molar-refractivity contribution in [1.82, 2.24) is 9.97 Å². The smallest absolute Gasteiger partial charge is 0.313 e. The van der Waals surface area contributed by atoms with Gasteiger partial charge in [-0.3, -0.25) is 9.78 Å². The number of benzene rings is 1. The highest BCUT2D eigenvalue weighted by atomic mass is 35.5. The van der Waals surface area contributed by atoms with Crippen LogP contribution in [0.25, 0.3) is 0 Å². The molecule has 1 aromatic carbocycles.